The van der Waals surface area contributed by atoms with Gasteiger partial charge in [-0.05, 0) is 64.7 Å². The zero-order valence-electron chi connectivity index (χ0n) is 24.2. The summed E-state index contributed by atoms with van der Waals surface area (Å²) in [6, 6.07) is 3.02. The smallest absolute Gasteiger partial charge is 0.271 e. The molecule has 1 aliphatic heterocycles. The molecule has 2 N–H and O–H groups in total. The molecule has 1 aliphatic rings. The molecule has 0 aromatic carbocycles. The van der Waals surface area contributed by atoms with E-state index in [9.17, 15) is 14.0 Å². The summed E-state index contributed by atoms with van der Waals surface area (Å²) in [6.07, 6.45) is 4.38. The Morgan fingerprint density at radius 1 is 1.26 bits per heavy atom. The van der Waals surface area contributed by atoms with Crippen molar-refractivity contribution in [2.45, 2.75) is 66.5 Å². The van der Waals surface area contributed by atoms with Gasteiger partial charge in [0.2, 0.25) is 12.4 Å². The summed E-state index contributed by atoms with van der Waals surface area (Å²) in [7, 11) is 1.71. The summed E-state index contributed by atoms with van der Waals surface area (Å²) in [6.45, 7) is 15.9. The largest absolute Gasteiger partial charge is 0.379 e. The third kappa shape index (κ3) is 9.81. The number of ether oxygens (including phenoxy) is 1. The van der Waals surface area contributed by atoms with Gasteiger partial charge in [0.15, 0.2) is 5.69 Å². The molecule has 9 nitrogen and oxygen atoms in total. The molecule has 3 aromatic rings. The summed E-state index contributed by atoms with van der Waals surface area (Å²) < 4.78 is 19.2. The normalized spacial score (nSPS) is 13.8. The van der Waals surface area contributed by atoms with Gasteiger partial charge in [0, 0.05) is 37.8 Å². The number of hydrogen-bond acceptors (Lipinski definition) is 8. The van der Waals surface area contributed by atoms with Crippen LogP contribution in [0.3, 0.4) is 0 Å². The standard InChI is InChI=1S/C21H23FN6O2S.C5H12O.C2H6/c1-12-5-17-19(31-12)18(20(30)24-4-3-14-9-28(10-14)11-29)27-21(26-17)25-13(2)15-6-16(22)8-23-7-15;1-5(2,3)6-4;1-2/h5-8,11,13-14H,3-4,9-10H2,1-2H3,(H,24,30)(H,25,26,27);1-4H3;1-2H3/t13-;;/m0../s1. The summed E-state index contributed by atoms with van der Waals surface area (Å²) in [4.78, 5) is 39.1. The number of carbonyl (C=O) groups is 2. The number of hydrogen-bond donors (Lipinski definition) is 2. The highest BCUT2D eigenvalue weighted by atomic mass is 32.1. The number of nitrogens with one attached hydrogen (secondary N) is 2. The molecule has 0 unspecified atom stereocenters. The van der Waals surface area contributed by atoms with Crippen LogP contribution in [0.25, 0.3) is 10.2 Å². The molecule has 2 amide bonds. The van der Waals surface area contributed by atoms with Crippen molar-refractivity contribution < 1.29 is 18.7 Å². The maximum atomic E-state index is 13.5. The fourth-order valence-electron chi connectivity index (χ4n) is 3.56. The van der Waals surface area contributed by atoms with Gasteiger partial charge in [-0.25, -0.2) is 14.4 Å². The van der Waals surface area contributed by atoms with Crippen molar-refractivity contribution >= 4 is 39.8 Å². The number of fused-ring (bicyclic) bond motifs is 1. The topological polar surface area (TPSA) is 109 Å². The first-order chi connectivity index (χ1) is 18.5. The Labute approximate surface area is 234 Å². The molecule has 0 saturated carbocycles. The second-order valence-corrected chi connectivity index (χ2v) is 11.3. The first-order valence-corrected chi connectivity index (χ1v) is 14.0. The number of aromatic nitrogens is 3. The fraction of sp³-hybridized carbons (Fsp3) is 0.536. The summed E-state index contributed by atoms with van der Waals surface area (Å²) in [5.74, 6) is 0.0356. The van der Waals surface area contributed by atoms with Crippen molar-refractivity contribution in [2.75, 3.05) is 32.1 Å². The van der Waals surface area contributed by atoms with E-state index in [0.29, 0.717) is 35.2 Å². The van der Waals surface area contributed by atoms with Gasteiger partial charge in [-0.3, -0.25) is 14.6 Å². The number of rotatable bonds is 8. The van der Waals surface area contributed by atoms with E-state index in [4.69, 9.17) is 4.74 Å². The van der Waals surface area contributed by atoms with Crippen LogP contribution in [0.5, 0.6) is 0 Å². The van der Waals surface area contributed by atoms with Crippen LogP contribution in [-0.4, -0.2) is 64.5 Å². The molecule has 0 spiro atoms. The molecule has 1 atom stereocenters. The van der Waals surface area contributed by atoms with E-state index in [1.165, 1.54) is 17.4 Å². The van der Waals surface area contributed by atoms with Gasteiger partial charge in [-0.2, -0.15) is 0 Å². The second-order valence-electron chi connectivity index (χ2n) is 10.1. The average molecular weight is 561 g/mol. The van der Waals surface area contributed by atoms with E-state index in [1.54, 1.807) is 18.2 Å². The van der Waals surface area contributed by atoms with Gasteiger partial charge in [-0.1, -0.05) is 13.8 Å². The van der Waals surface area contributed by atoms with E-state index in [2.05, 4.69) is 25.6 Å². The number of likely N-dealkylation sites (tertiary alicyclic amines) is 1. The van der Waals surface area contributed by atoms with Gasteiger partial charge in [-0.15, -0.1) is 11.3 Å². The molecule has 1 saturated heterocycles. The lowest BCUT2D eigenvalue weighted by molar-refractivity contribution is -0.123. The third-order valence-electron chi connectivity index (χ3n) is 5.87. The Morgan fingerprint density at radius 2 is 1.92 bits per heavy atom. The maximum Gasteiger partial charge on any atom is 0.271 e. The van der Waals surface area contributed by atoms with Crippen LogP contribution >= 0.6 is 11.3 Å². The number of aryl methyl sites for hydroxylation is 1. The van der Waals surface area contributed by atoms with E-state index in [1.807, 2.05) is 54.5 Å². The van der Waals surface area contributed by atoms with Crippen LogP contribution in [0.2, 0.25) is 0 Å². The van der Waals surface area contributed by atoms with Crippen molar-refractivity contribution in [3.8, 4) is 0 Å². The maximum absolute atomic E-state index is 13.5. The molecule has 4 heterocycles. The molecule has 4 rings (SSSR count). The van der Waals surface area contributed by atoms with Crippen LogP contribution in [0.15, 0.2) is 24.5 Å². The molecule has 11 heteroatoms. The number of carbonyl (C=O) groups excluding carboxylic acids is 2. The number of halogens is 1. The highest BCUT2D eigenvalue weighted by molar-refractivity contribution is 7.19. The summed E-state index contributed by atoms with van der Waals surface area (Å²) in [5.41, 5.74) is 1.70. The van der Waals surface area contributed by atoms with Crippen molar-refractivity contribution in [2.24, 2.45) is 5.92 Å². The predicted molar refractivity (Wildman–Crippen MR) is 155 cm³/mol. The second kappa shape index (κ2) is 14.8. The van der Waals surface area contributed by atoms with E-state index >= 15 is 0 Å². The number of anilines is 1. The molecular weight excluding hydrogens is 519 g/mol. The number of nitrogens with zero attached hydrogens (tertiary/aromatic N) is 4. The number of thiophene rings is 1. The molecule has 0 radical (unpaired) electrons. The van der Waals surface area contributed by atoms with Gasteiger partial charge in [0.25, 0.3) is 5.91 Å². The van der Waals surface area contributed by atoms with Gasteiger partial charge in [0.1, 0.15) is 5.82 Å². The third-order valence-corrected chi connectivity index (χ3v) is 6.91. The highest BCUT2D eigenvalue weighted by Gasteiger charge is 2.25. The van der Waals surface area contributed by atoms with Gasteiger partial charge >= 0.3 is 0 Å². The fourth-order valence-corrected chi connectivity index (χ4v) is 4.50. The zero-order chi connectivity index (χ0) is 29.2. The molecule has 39 heavy (non-hydrogen) atoms. The van der Waals surface area contributed by atoms with Crippen LogP contribution in [0.1, 0.15) is 74.9 Å². The van der Waals surface area contributed by atoms with Crippen molar-refractivity contribution in [3.05, 3.63) is 46.5 Å². The molecular formula is C28H41FN6O3S. The molecule has 0 bridgehead atoms. The summed E-state index contributed by atoms with van der Waals surface area (Å²) >= 11 is 1.47. The van der Waals surface area contributed by atoms with E-state index in [0.717, 1.165) is 41.7 Å². The monoisotopic (exact) mass is 560 g/mol. The number of pyridine rings is 1. The first-order valence-electron chi connectivity index (χ1n) is 13.2. The minimum absolute atomic E-state index is 0.0417. The lowest BCUT2D eigenvalue weighted by Crippen LogP contribution is -2.46. The Kier molecular flexibility index (Phi) is 12.2. The van der Waals surface area contributed by atoms with Crippen molar-refractivity contribution in [3.63, 3.8) is 0 Å². The van der Waals surface area contributed by atoms with E-state index < -0.39 is 5.82 Å². The number of amides is 2. The first kappa shape index (κ1) is 32.0. The molecule has 3 aromatic heterocycles. The average Bonchev–Trinajstić information content (AvgIpc) is 3.25. The van der Waals surface area contributed by atoms with Crippen LogP contribution in [0.4, 0.5) is 10.3 Å². The lowest BCUT2D eigenvalue weighted by atomic mass is 9.97. The quantitative estimate of drug-likeness (QED) is 0.356. The zero-order valence-corrected chi connectivity index (χ0v) is 25.0. The van der Waals surface area contributed by atoms with Crippen molar-refractivity contribution in [1.29, 1.82) is 0 Å². The summed E-state index contributed by atoms with van der Waals surface area (Å²) in [5, 5.41) is 6.08. The lowest BCUT2D eigenvalue weighted by Gasteiger charge is -2.36. The van der Waals surface area contributed by atoms with Gasteiger partial charge in [0.05, 0.1) is 28.1 Å². The Bertz CT molecular complexity index is 1220. The highest BCUT2D eigenvalue weighted by Crippen LogP contribution is 2.28. The van der Waals surface area contributed by atoms with Crippen molar-refractivity contribution in [1.82, 2.24) is 25.2 Å². The minimum Gasteiger partial charge on any atom is -0.379 e. The van der Waals surface area contributed by atoms with Crippen LogP contribution in [0, 0.1) is 18.7 Å². The molecule has 0 aliphatic carbocycles. The Morgan fingerprint density at radius 3 is 2.51 bits per heavy atom. The molecule has 214 valence electrons. The SMILES string of the molecule is CC.COC(C)(C)C.Cc1cc2nc(N[C@@H](C)c3cncc(F)c3)nc(C(=O)NCCC3CN(C=O)C3)c2s1. The predicted octanol–water partition coefficient (Wildman–Crippen LogP) is 5.37. The van der Waals surface area contributed by atoms with Crippen LogP contribution < -0.4 is 10.6 Å². The molecule has 1 fully saturated rings. The Balaban J connectivity index is 0.000000590. The minimum atomic E-state index is -0.418. The number of methoxy groups -OCH3 is 1. The van der Waals surface area contributed by atoms with Crippen LogP contribution in [-0.2, 0) is 9.53 Å². The van der Waals surface area contributed by atoms with Gasteiger partial charge < -0.3 is 20.3 Å². The van der Waals surface area contributed by atoms with E-state index in [-0.39, 0.29) is 17.6 Å². The Hall–Kier alpha value is -3.18.